The van der Waals surface area contributed by atoms with E-state index in [1.165, 1.54) is 6.07 Å². The van der Waals surface area contributed by atoms with Crippen molar-refractivity contribution < 1.29 is 23.5 Å². The van der Waals surface area contributed by atoms with Gasteiger partial charge in [0, 0.05) is 19.5 Å². The summed E-state index contributed by atoms with van der Waals surface area (Å²) >= 11 is 0. The molecule has 3 heterocycles. The molecule has 0 unspecified atom stereocenters. The minimum atomic E-state index is -0.774. The van der Waals surface area contributed by atoms with Gasteiger partial charge in [0.25, 0.3) is 5.91 Å². The second-order valence-electron chi connectivity index (χ2n) is 8.40. The van der Waals surface area contributed by atoms with Crippen molar-refractivity contribution in [2.24, 2.45) is 0 Å². The van der Waals surface area contributed by atoms with Gasteiger partial charge < -0.3 is 15.3 Å². The number of β-amino-alcohol motifs (C(OH)–C–C–N with tert-alkyl or cyclic N) is 1. The minimum absolute atomic E-state index is 0.00338. The zero-order valence-corrected chi connectivity index (χ0v) is 18.2. The predicted octanol–water partition coefficient (Wildman–Crippen LogP) is 2.56. The molecule has 1 saturated heterocycles. The number of fused-ring (bicyclic) bond motifs is 1. The van der Waals surface area contributed by atoms with Gasteiger partial charge in [0.05, 0.1) is 41.6 Å². The van der Waals surface area contributed by atoms with Crippen LogP contribution in [0.15, 0.2) is 42.5 Å². The van der Waals surface area contributed by atoms with Crippen LogP contribution >= 0.6 is 0 Å². The van der Waals surface area contributed by atoms with Gasteiger partial charge in [-0.25, -0.2) is 18.7 Å². The van der Waals surface area contributed by atoms with E-state index < -0.39 is 11.6 Å². The van der Waals surface area contributed by atoms with Gasteiger partial charge in [-0.05, 0) is 29.7 Å². The van der Waals surface area contributed by atoms with Crippen molar-refractivity contribution in [3.63, 3.8) is 0 Å². The van der Waals surface area contributed by atoms with Gasteiger partial charge in [-0.1, -0.05) is 30.3 Å². The second kappa shape index (κ2) is 8.90. The van der Waals surface area contributed by atoms with Gasteiger partial charge in [0.1, 0.15) is 11.6 Å². The Bertz CT molecular complexity index is 1260. The van der Waals surface area contributed by atoms with E-state index in [-0.39, 0.29) is 48.7 Å². The number of carbonyl (C=O) groups excluding carboxylic acids is 2. The molecule has 2 aromatic carbocycles. The summed E-state index contributed by atoms with van der Waals surface area (Å²) in [5, 5.41) is 11.8. The molecule has 174 valence electrons. The number of aromatic nitrogens is 2. The Morgan fingerprint density at radius 1 is 1.03 bits per heavy atom. The smallest absolute Gasteiger partial charge is 0.255 e. The van der Waals surface area contributed by atoms with Crippen LogP contribution in [0.25, 0.3) is 11.4 Å². The highest BCUT2D eigenvalue weighted by Gasteiger charge is 2.32. The van der Waals surface area contributed by atoms with Gasteiger partial charge in [-0.2, -0.15) is 0 Å². The van der Waals surface area contributed by atoms with Crippen LogP contribution in [0.1, 0.15) is 45.2 Å². The highest BCUT2D eigenvalue weighted by Crippen LogP contribution is 2.30. The lowest BCUT2D eigenvalue weighted by molar-refractivity contribution is -0.129. The number of benzene rings is 2. The van der Waals surface area contributed by atoms with Crippen molar-refractivity contribution in [2.45, 2.75) is 25.3 Å². The third-order valence-electron chi connectivity index (χ3n) is 6.31. The summed E-state index contributed by atoms with van der Waals surface area (Å²) in [7, 11) is 0. The molecule has 0 saturated carbocycles. The van der Waals surface area contributed by atoms with E-state index >= 15 is 0 Å². The molecule has 2 aliphatic heterocycles. The number of carbonyl (C=O) groups is 2. The number of hydrogen-bond donors (Lipinski definition) is 2. The lowest BCUT2D eigenvalue weighted by Crippen LogP contribution is -2.29. The van der Waals surface area contributed by atoms with Crippen molar-refractivity contribution in [2.75, 3.05) is 19.7 Å². The van der Waals surface area contributed by atoms with E-state index in [4.69, 9.17) is 5.11 Å². The molecule has 0 radical (unpaired) electrons. The third-order valence-corrected chi connectivity index (χ3v) is 6.31. The molecule has 3 aromatic rings. The molecule has 2 N–H and O–H groups in total. The van der Waals surface area contributed by atoms with E-state index in [1.807, 2.05) is 24.3 Å². The Morgan fingerprint density at radius 2 is 1.76 bits per heavy atom. The first-order valence-electron chi connectivity index (χ1n) is 11.1. The number of nitrogens with zero attached hydrogens (tertiary/aromatic N) is 3. The summed E-state index contributed by atoms with van der Waals surface area (Å²) < 4.78 is 28.8. The van der Waals surface area contributed by atoms with E-state index in [2.05, 4.69) is 15.3 Å². The van der Waals surface area contributed by atoms with E-state index in [9.17, 15) is 18.4 Å². The quantitative estimate of drug-likeness (QED) is 0.585. The van der Waals surface area contributed by atoms with Gasteiger partial charge in [0.2, 0.25) is 5.91 Å². The maximum Gasteiger partial charge on any atom is 0.255 e. The molecule has 34 heavy (non-hydrogen) atoms. The molecular weight excluding hydrogens is 442 g/mol. The predicted molar refractivity (Wildman–Crippen MR) is 119 cm³/mol. The summed E-state index contributed by atoms with van der Waals surface area (Å²) in [5.41, 5.74) is 2.51. The number of likely N-dealkylation sites (tertiary alicyclic amines) is 1. The Hall–Kier alpha value is -3.72. The molecule has 7 nitrogen and oxygen atoms in total. The highest BCUT2D eigenvalue weighted by molar-refractivity contribution is 5.99. The van der Waals surface area contributed by atoms with Crippen molar-refractivity contribution in [1.29, 1.82) is 0 Å². The second-order valence-corrected chi connectivity index (χ2v) is 8.40. The third kappa shape index (κ3) is 3.92. The standard InChI is InChI=1S/C25H22F2N4O3/c26-17-2-1-3-18(27)21(17)23-29-19(22-20(30-23)13-28-24(22)33)12-14-4-6-15(7-5-14)16-8-9-31(10-11-32)25(16)34/h1-7,16,32H,8-13H2,(H,28,33)/t16-/m1/s1. The zero-order valence-electron chi connectivity index (χ0n) is 18.2. The topological polar surface area (TPSA) is 95.4 Å². The highest BCUT2D eigenvalue weighted by atomic mass is 19.1. The van der Waals surface area contributed by atoms with E-state index in [1.54, 1.807) is 4.90 Å². The number of rotatable bonds is 6. The maximum atomic E-state index is 14.4. The van der Waals surface area contributed by atoms with Crippen LogP contribution in [0.4, 0.5) is 8.78 Å². The van der Waals surface area contributed by atoms with E-state index in [0.29, 0.717) is 36.5 Å². The Kier molecular flexibility index (Phi) is 5.79. The van der Waals surface area contributed by atoms with Gasteiger partial charge in [-0.15, -0.1) is 0 Å². The SMILES string of the molecule is O=C1NCc2nc(-c3c(F)cccc3F)nc(Cc3ccc([C@H]4CCN(CCO)C4=O)cc3)c21. The number of halogens is 2. The number of nitrogens with one attached hydrogen (secondary N) is 1. The monoisotopic (exact) mass is 464 g/mol. The Labute approximate surface area is 194 Å². The summed E-state index contributed by atoms with van der Waals surface area (Å²) in [6.45, 7) is 1.05. The van der Waals surface area contributed by atoms with Crippen LogP contribution in [0.2, 0.25) is 0 Å². The molecule has 0 bridgehead atoms. The van der Waals surface area contributed by atoms with Crippen LogP contribution in [0, 0.1) is 11.6 Å². The van der Waals surface area contributed by atoms with Gasteiger partial charge in [0.15, 0.2) is 5.82 Å². The first-order valence-corrected chi connectivity index (χ1v) is 11.1. The fraction of sp³-hybridized carbons (Fsp3) is 0.280. The first kappa shape index (κ1) is 22.1. The molecule has 9 heteroatoms. The van der Waals surface area contributed by atoms with Crippen LogP contribution in [0.5, 0.6) is 0 Å². The van der Waals surface area contributed by atoms with Crippen LogP contribution in [-0.2, 0) is 17.8 Å². The van der Waals surface area contributed by atoms with Crippen LogP contribution in [-0.4, -0.2) is 51.5 Å². The molecule has 5 rings (SSSR count). The molecule has 1 aromatic heterocycles. The molecule has 0 spiro atoms. The summed E-state index contributed by atoms with van der Waals surface area (Å²) in [6, 6.07) is 11.0. The number of aliphatic hydroxyl groups is 1. The lowest BCUT2D eigenvalue weighted by Gasteiger charge is -2.15. The van der Waals surface area contributed by atoms with Crippen LogP contribution < -0.4 is 5.32 Å². The zero-order chi connectivity index (χ0) is 23.8. The Morgan fingerprint density at radius 3 is 2.47 bits per heavy atom. The molecular formula is C25H22F2N4O3. The van der Waals surface area contributed by atoms with E-state index in [0.717, 1.165) is 23.3 Å². The summed E-state index contributed by atoms with van der Waals surface area (Å²) in [5.74, 6) is -2.21. The number of hydrogen-bond acceptors (Lipinski definition) is 5. The molecule has 1 atom stereocenters. The normalized spacial score (nSPS) is 17.3. The Balaban J connectivity index is 1.45. The van der Waals surface area contributed by atoms with Gasteiger partial charge in [-0.3, -0.25) is 9.59 Å². The van der Waals surface area contributed by atoms with Crippen molar-refractivity contribution in [1.82, 2.24) is 20.2 Å². The van der Waals surface area contributed by atoms with Gasteiger partial charge >= 0.3 is 0 Å². The number of aliphatic hydroxyl groups excluding tert-OH is 1. The first-order chi connectivity index (χ1) is 16.5. The fourth-order valence-corrected chi connectivity index (χ4v) is 4.60. The van der Waals surface area contributed by atoms with Crippen molar-refractivity contribution in [3.05, 3.63) is 82.2 Å². The lowest BCUT2D eigenvalue weighted by atomic mass is 9.95. The fourth-order valence-electron chi connectivity index (χ4n) is 4.60. The summed E-state index contributed by atoms with van der Waals surface area (Å²) in [6.07, 6.45) is 0.951. The van der Waals surface area contributed by atoms with Crippen LogP contribution in [0.3, 0.4) is 0 Å². The molecule has 0 aliphatic carbocycles. The largest absolute Gasteiger partial charge is 0.395 e. The maximum absolute atomic E-state index is 14.4. The number of amides is 2. The molecule has 2 aliphatic rings. The molecule has 1 fully saturated rings. The average Bonchev–Trinajstić information content (AvgIpc) is 3.37. The average molecular weight is 464 g/mol. The van der Waals surface area contributed by atoms with Crippen molar-refractivity contribution >= 4 is 11.8 Å². The summed E-state index contributed by atoms with van der Waals surface area (Å²) in [4.78, 5) is 35.3. The van der Waals surface area contributed by atoms with Crippen molar-refractivity contribution in [3.8, 4) is 11.4 Å². The molecule has 2 amide bonds. The minimum Gasteiger partial charge on any atom is -0.395 e.